The number of para-hydroxylation sites is 1. The number of hydrogen-bond acceptors (Lipinski definition) is 4. The number of benzene rings is 1. The Morgan fingerprint density at radius 2 is 2.11 bits per heavy atom. The van der Waals surface area contributed by atoms with E-state index in [1.807, 2.05) is 6.92 Å². The highest BCUT2D eigenvalue weighted by molar-refractivity contribution is 7.88. The summed E-state index contributed by atoms with van der Waals surface area (Å²) in [5.74, 6) is 0.0362. The molecule has 0 saturated carbocycles. The van der Waals surface area contributed by atoms with E-state index in [0.717, 1.165) is 0 Å². The quantitative estimate of drug-likeness (QED) is 0.804. The summed E-state index contributed by atoms with van der Waals surface area (Å²) in [5.41, 5.74) is 6.86. The predicted molar refractivity (Wildman–Crippen MR) is 74.8 cm³/mol. The zero-order valence-electron chi connectivity index (χ0n) is 11.0. The molecule has 2 rings (SSSR count). The van der Waals surface area contributed by atoms with Crippen LogP contribution in [0.15, 0.2) is 24.3 Å². The van der Waals surface area contributed by atoms with Crippen molar-refractivity contribution in [1.29, 1.82) is 0 Å². The van der Waals surface area contributed by atoms with Crippen molar-refractivity contribution < 1.29 is 13.5 Å². The topological polar surface area (TPSA) is 83.6 Å². The van der Waals surface area contributed by atoms with Gasteiger partial charge in [-0.1, -0.05) is 25.1 Å². The van der Waals surface area contributed by atoms with Crippen LogP contribution in [-0.2, 0) is 15.8 Å². The second kappa shape index (κ2) is 5.48. The van der Waals surface area contributed by atoms with Gasteiger partial charge < -0.3 is 10.8 Å². The molecule has 5 nitrogen and oxygen atoms in total. The number of rotatable bonds is 3. The second-order valence-electron chi connectivity index (χ2n) is 5.15. The van der Waals surface area contributed by atoms with Gasteiger partial charge in [0.15, 0.2) is 0 Å². The SMILES string of the molecule is CC1CCN(S(=O)(=O)Cc2ccccc2N)CC1O. The molecular formula is C13H20N2O3S. The minimum absolute atomic E-state index is 0.110. The molecule has 0 bridgehead atoms. The monoisotopic (exact) mass is 284 g/mol. The average Bonchev–Trinajstić information content (AvgIpc) is 2.35. The number of piperidine rings is 1. The van der Waals surface area contributed by atoms with E-state index in [1.165, 1.54) is 4.31 Å². The largest absolute Gasteiger partial charge is 0.398 e. The average molecular weight is 284 g/mol. The van der Waals surface area contributed by atoms with Crippen LogP contribution in [0.2, 0.25) is 0 Å². The molecule has 1 saturated heterocycles. The van der Waals surface area contributed by atoms with Crippen molar-refractivity contribution in [3.05, 3.63) is 29.8 Å². The summed E-state index contributed by atoms with van der Waals surface area (Å²) in [6.07, 6.45) is 0.0987. The molecule has 1 heterocycles. The molecule has 2 unspecified atom stereocenters. The lowest BCUT2D eigenvalue weighted by molar-refractivity contribution is 0.0604. The molecule has 2 atom stereocenters. The van der Waals surface area contributed by atoms with E-state index >= 15 is 0 Å². The Morgan fingerprint density at radius 1 is 1.42 bits per heavy atom. The molecule has 3 N–H and O–H groups in total. The maximum absolute atomic E-state index is 12.3. The summed E-state index contributed by atoms with van der Waals surface area (Å²) in [7, 11) is -3.42. The van der Waals surface area contributed by atoms with Crippen molar-refractivity contribution >= 4 is 15.7 Å². The molecule has 1 fully saturated rings. The minimum atomic E-state index is -3.42. The fraction of sp³-hybridized carbons (Fsp3) is 0.538. The Morgan fingerprint density at radius 3 is 2.74 bits per heavy atom. The van der Waals surface area contributed by atoms with Crippen molar-refractivity contribution in [2.24, 2.45) is 5.92 Å². The molecular weight excluding hydrogens is 264 g/mol. The lowest BCUT2D eigenvalue weighted by atomic mass is 9.98. The summed E-state index contributed by atoms with van der Waals surface area (Å²) in [6, 6.07) is 6.96. The smallest absolute Gasteiger partial charge is 0.218 e. The number of nitrogen functional groups attached to an aromatic ring is 1. The van der Waals surface area contributed by atoms with Gasteiger partial charge >= 0.3 is 0 Å². The fourth-order valence-corrected chi connectivity index (χ4v) is 3.83. The maximum Gasteiger partial charge on any atom is 0.218 e. The van der Waals surface area contributed by atoms with Crippen LogP contribution in [0.1, 0.15) is 18.9 Å². The number of hydrogen-bond donors (Lipinski definition) is 2. The van der Waals surface area contributed by atoms with Crippen molar-refractivity contribution in [3.8, 4) is 0 Å². The van der Waals surface area contributed by atoms with Gasteiger partial charge in [0.25, 0.3) is 0 Å². The Hall–Kier alpha value is -1.11. The fourth-order valence-electron chi connectivity index (χ4n) is 2.23. The number of nitrogens with zero attached hydrogens (tertiary/aromatic N) is 1. The molecule has 1 aliphatic rings. The van der Waals surface area contributed by atoms with Crippen LogP contribution in [-0.4, -0.2) is 37.0 Å². The summed E-state index contributed by atoms with van der Waals surface area (Å²) >= 11 is 0. The number of aliphatic hydroxyl groups is 1. The van der Waals surface area contributed by atoms with E-state index in [1.54, 1.807) is 24.3 Å². The second-order valence-corrected chi connectivity index (χ2v) is 7.12. The number of nitrogens with two attached hydrogens (primary N) is 1. The lowest BCUT2D eigenvalue weighted by Gasteiger charge is -2.33. The molecule has 1 aromatic carbocycles. The Bertz CT molecular complexity index is 545. The van der Waals surface area contributed by atoms with Gasteiger partial charge in [0.05, 0.1) is 11.9 Å². The molecule has 1 aliphatic heterocycles. The summed E-state index contributed by atoms with van der Waals surface area (Å²) < 4.78 is 26.0. The first-order valence-electron chi connectivity index (χ1n) is 6.39. The molecule has 6 heteroatoms. The molecule has 0 aliphatic carbocycles. The van der Waals surface area contributed by atoms with Gasteiger partial charge in [0.2, 0.25) is 10.0 Å². The van der Waals surface area contributed by atoms with Crippen molar-refractivity contribution in [1.82, 2.24) is 4.31 Å². The molecule has 1 aromatic rings. The first-order chi connectivity index (χ1) is 8.90. The van der Waals surface area contributed by atoms with Gasteiger partial charge in [0.1, 0.15) is 0 Å². The number of sulfonamides is 1. The van der Waals surface area contributed by atoms with E-state index in [9.17, 15) is 13.5 Å². The summed E-state index contributed by atoms with van der Waals surface area (Å²) in [5, 5.41) is 9.80. The lowest BCUT2D eigenvalue weighted by Crippen LogP contribution is -2.46. The standard InChI is InChI=1S/C13H20N2O3S/c1-10-6-7-15(8-13(10)16)19(17,18)9-11-4-2-3-5-12(11)14/h2-5,10,13,16H,6-9,14H2,1H3. The van der Waals surface area contributed by atoms with Crippen LogP contribution in [0.5, 0.6) is 0 Å². The number of anilines is 1. The van der Waals surface area contributed by atoms with E-state index in [-0.39, 0.29) is 18.2 Å². The van der Waals surface area contributed by atoms with Crippen molar-refractivity contribution in [3.63, 3.8) is 0 Å². The third-order valence-corrected chi connectivity index (χ3v) is 5.46. The van der Waals surface area contributed by atoms with Crippen LogP contribution < -0.4 is 5.73 Å². The van der Waals surface area contributed by atoms with Gasteiger partial charge in [0, 0.05) is 18.8 Å². The van der Waals surface area contributed by atoms with E-state index in [2.05, 4.69) is 0 Å². The Balaban J connectivity index is 2.13. The van der Waals surface area contributed by atoms with Gasteiger partial charge in [-0.05, 0) is 24.0 Å². The first kappa shape index (κ1) is 14.3. The Kier molecular flexibility index (Phi) is 4.13. The van der Waals surface area contributed by atoms with Gasteiger partial charge in [-0.3, -0.25) is 0 Å². The van der Waals surface area contributed by atoms with Crippen molar-refractivity contribution in [2.75, 3.05) is 18.8 Å². The third-order valence-electron chi connectivity index (χ3n) is 3.67. The summed E-state index contributed by atoms with van der Waals surface area (Å²) in [4.78, 5) is 0. The van der Waals surface area contributed by atoms with Crippen LogP contribution in [0, 0.1) is 5.92 Å². The predicted octanol–water partition coefficient (Wildman–Crippen LogP) is 0.801. The van der Waals surface area contributed by atoms with Crippen LogP contribution in [0.4, 0.5) is 5.69 Å². The normalized spacial score (nSPS) is 25.4. The zero-order valence-corrected chi connectivity index (χ0v) is 11.8. The zero-order chi connectivity index (χ0) is 14.0. The molecule has 19 heavy (non-hydrogen) atoms. The Labute approximate surface area is 114 Å². The van der Waals surface area contributed by atoms with Crippen molar-refractivity contribution in [2.45, 2.75) is 25.2 Å². The molecule has 106 valence electrons. The van der Waals surface area contributed by atoms with Crippen LogP contribution in [0.3, 0.4) is 0 Å². The molecule has 0 spiro atoms. The highest BCUT2D eigenvalue weighted by atomic mass is 32.2. The van der Waals surface area contributed by atoms with Crippen LogP contribution >= 0.6 is 0 Å². The van der Waals surface area contributed by atoms with Gasteiger partial charge in [-0.15, -0.1) is 0 Å². The highest BCUT2D eigenvalue weighted by Crippen LogP contribution is 2.23. The van der Waals surface area contributed by atoms with Gasteiger partial charge in [-0.2, -0.15) is 4.31 Å². The maximum atomic E-state index is 12.3. The minimum Gasteiger partial charge on any atom is -0.398 e. The number of β-amino-alcohol motifs (C(OH)–C–C–N with tert-alkyl or cyclic N) is 1. The highest BCUT2D eigenvalue weighted by Gasteiger charge is 2.31. The van der Waals surface area contributed by atoms with E-state index in [0.29, 0.717) is 24.2 Å². The number of aliphatic hydroxyl groups excluding tert-OH is 1. The molecule has 0 amide bonds. The summed E-state index contributed by atoms with van der Waals surface area (Å²) in [6.45, 7) is 2.58. The van der Waals surface area contributed by atoms with E-state index < -0.39 is 16.1 Å². The third kappa shape index (κ3) is 3.26. The molecule has 0 radical (unpaired) electrons. The van der Waals surface area contributed by atoms with Crippen LogP contribution in [0.25, 0.3) is 0 Å². The molecule has 0 aromatic heterocycles. The van der Waals surface area contributed by atoms with E-state index in [4.69, 9.17) is 5.73 Å². The first-order valence-corrected chi connectivity index (χ1v) is 8.00. The van der Waals surface area contributed by atoms with Gasteiger partial charge in [-0.25, -0.2) is 8.42 Å².